The number of nitrogens with zero attached hydrogens (tertiary/aromatic N) is 3. The Kier molecular flexibility index (Phi) is 5.32. The minimum absolute atomic E-state index is 0.00948. The van der Waals surface area contributed by atoms with Crippen LogP contribution in [0, 0.1) is 0 Å². The summed E-state index contributed by atoms with van der Waals surface area (Å²) in [6.45, 7) is 1.79. The number of anilines is 1. The van der Waals surface area contributed by atoms with Crippen LogP contribution in [0.1, 0.15) is 29.2 Å². The van der Waals surface area contributed by atoms with Crippen LogP contribution < -0.4 is 5.32 Å². The van der Waals surface area contributed by atoms with Gasteiger partial charge in [0.1, 0.15) is 18.1 Å². The van der Waals surface area contributed by atoms with E-state index in [2.05, 4.69) is 20.3 Å². The van der Waals surface area contributed by atoms with E-state index in [1.165, 1.54) is 0 Å². The lowest BCUT2D eigenvalue weighted by Gasteiger charge is -2.32. The van der Waals surface area contributed by atoms with Crippen LogP contribution in [0.4, 0.5) is 5.82 Å². The number of carbonyl (C=O) groups is 1. The minimum atomic E-state index is -0.00948. The van der Waals surface area contributed by atoms with Crippen molar-refractivity contribution in [1.82, 2.24) is 19.9 Å². The zero-order valence-electron chi connectivity index (χ0n) is 13.5. The summed E-state index contributed by atoms with van der Waals surface area (Å²) in [5.74, 6) is 1.43. The highest BCUT2D eigenvalue weighted by atomic mass is 35.5. The Labute approximate surface area is 145 Å². The van der Waals surface area contributed by atoms with Gasteiger partial charge in [0, 0.05) is 38.6 Å². The first-order chi connectivity index (χ1) is 11.7. The molecule has 1 amide bonds. The summed E-state index contributed by atoms with van der Waals surface area (Å²) < 4.78 is 5.05. The Morgan fingerprint density at radius 2 is 2.29 bits per heavy atom. The summed E-state index contributed by atoms with van der Waals surface area (Å²) in [6.07, 6.45) is 5.07. The first kappa shape index (κ1) is 16.7. The van der Waals surface area contributed by atoms with Crippen LogP contribution in [-0.2, 0) is 11.3 Å². The van der Waals surface area contributed by atoms with Crippen molar-refractivity contribution in [3.63, 3.8) is 0 Å². The largest absolute Gasteiger partial charge is 0.377 e. The Bertz CT molecular complexity index is 697. The van der Waals surface area contributed by atoms with Crippen molar-refractivity contribution in [1.29, 1.82) is 0 Å². The maximum absolute atomic E-state index is 12.4. The lowest BCUT2D eigenvalue weighted by atomic mass is 10.0. The van der Waals surface area contributed by atoms with Gasteiger partial charge in [0.2, 0.25) is 0 Å². The van der Waals surface area contributed by atoms with E-state index in [1.54, 1.807) is 25.6 Å². The summed E-state index contributed by atoms with van der Waals surface area (Å²) in [4.78, 5) is 25.7. The number of likely N-dealkylation sites (tertiary alicyclic amines) is 1. The fourth-order valence-electron chi connectivity index (χ4n) is 2.78. The van der Waals surface area contributed by atoms with Gasteiger partial charge in [0.25, 0.3) is 5.91 Å². The SMILES string of the molecule is COCc1nccc(NC2CCN(C(=O)c3cc(Cl)c[nH]3)CC2)n1. The van der Waals surface area contributed by atoms with Crippen LogP contribution in [0.5, 0.6) is 0 Å². The van der Waals surface area contributed by atoms with E-state index in [0.29, 0.717) is 36.2 Å². The number of rotatable bonds is 5. The van der Waals surface area contributed by atoms with E-state index >= 15 is 0 Å². The fraction of sp³-hybridized carbons (Fsp3) is 0.438. The molecule has 128 valence electrons. The maximum atomic E-state index is 12.4. The van der Waals surface area contributed by atoms with Gasteiger partial charge in [-0.3, -0.25) is 4.79 Å². The molecule has 7 nitrogen and oxygen atoms in total. The first-order valence-electron chi connectivity index (χ1n) is 7.86. The van der Waals surface area contributed by atoms with Gasteiger partial charge in [-0.2, -0.15) is 0 Å². The van der Waals surface area contributed by atoms with Gasteiger partial charge >= 0.3 is 0 Å². The molecule has 2 aromatic heterocycles. The maximum Gasteiger partial charge on any atom is 0.270 e. The topological polar surface area (TPSA) is 83.1 Å². The van der Waals surface area contributed by atoms with Crippen LogP contribution in [-0.4, -0.2) is 52.0 Å². The molecule has 1 fully saturated rings. The third-order valence-electron chi connectivity index (χ3n) is 3.99. The van der Waals surface area contributed by atoms with Gasteiger partial charge in [-0.15, -0.1) is 0 Å². The third kappa shape index (κ3) is 4.04. The molecule has 1 aliphatic heterocycles. The van der Waals surface area contributed by atoms with Crippen LogP contribution in [0.2, 0.25) is 5.02 Å². The number of hydrogen-bond acceptors (Lipinski definition) is 5. The van der Waals surface area contributed by atoms with Crippen LogP contribution in [0.25, 0.3) is 0 Å². The summed E-state index contributed by atoms with van der Waals surface area (Å²) in [5.41, 5.74) is 0.534. The standard InChI is InChI=1S/C16H20ClN5O2/c1-24-10-15-18-5-2-14(21-15)20-12-3-6-22(7-4-12)16(23)13-8-11(17)9-19-13/h2,5,8-9,12,19H,3-4,6-7,10H2,1H3,(H,18,20,21). The first-order valence-corrected chi connectivity index (χ1v) is 8.24. The second kappa shape index (κ2) is 7.63. The zero-order valence-corrected chi connectivity index (χ0v) is 14.2. The Hall–Kier alpha value is -2.12. The lowest BCUT2D eigenvalue weighted by molar-refractivity contribution is 0.0713. The predicted octanol–water partition coefficient (Wildman–Crippen LogP) is 2.32. The highest BCUT2D eigenvalue weighted by Crippen LogP contribution is 2.18. The molecule has 2 aromatic rings. The van der Waals surface area contributed by atoms with E-state index in [1.807, 2.05) is 11.0 Å². The van der Waals surface area contributed by atoms with Gasteiger partial charge < -0.3 is 19.9 Å². The monoisotopic (exact) mass is 349 g/mol. The molecule has 2 N–H and O–H groups in total. The summed E-state index contributed by atoms with van der Waals surface area (Å²) in [6, 6.07) is 3.79. The summed E-state index contributed by atoms with van der Waals surface area (Å²) >= 11 is 5.86. The molecule has 0 aromatic carbocycles. The van der Waals surface area contributed by atoms with Crippen LogP contribution in [0.3, 0.4) is 0 Å². The van der Waals surface area contributed by atoms with Gasteiger partial charge in [0.15, 0.2) is 5.82 Å². The van der Waals surface area contributed by atoms with Crippen molar-refractivity contribution < 1.29 is 9.53 Å². The third-order valence-corrected chi connectivity index (χ3v) is 4.21. The van der Waals surface area contributed by atoms with E-state index in [9.17, 15) is 4.79 Å². The zero-order chi connectivity index (χ0) is 16.9. The number of H-pyrrole nitrogens is 1. The van der Waals surface area contributed by atoms with E-state index in [0.717, 1.165) is 18.7 Å². The minimum Gasteiger partial charge on any atom is -0.377 e. The Morgan fingerprint density at radius 3 is 2.96 bits per heavy atom. The summed E-state index contributed by atoms with van der Waals surface area (Å²) in [5, 5.41) is 3.96. The lowest BCUT2D eigenvalue weighted by Crippen LogP contribution is -2.42. The van der Waals surface area contributed by atoms with Crippen molar-refractivity contribution in [2.24, 2.45) is 0 Å². The van der Waals surface area contributed by atoms with Crippen molar-refractivity contribution in [3.8, 4) is 0 Å². The Balaban J connectivity index is 1.53. The number of methoxy groups -OCH3 is 1. The number of piperidine rings is 1. The van der Waals surface area contributed by atoms with Gasteiger partial charge in [-0.05, 0) is 25.0 Å². The highest BCUT2D eigenvalue weighted by molar-refractivity contribution is 6.30. The molecule has 0 atom stereocenters. The Morgan fingerprint density at radius 1 is 1.50 bits per heavy atom. The number of amides is 1. The molecule has 1 aliphatic rings. The van der Waals surface area contributed by atoms with Gasteiger partial charge in [-0.1, -0.05) is 11.6 Å². The fourth-order valence-corrected chi connectivity index (χ4v) is 2.94. The molecule has 0 radical (unpaired) electrons. The number of aromatic amines is 1. The summed E-state index contributed by atoms with van der Waals surface area (Å²) in [7, 11) is 1.62. The van der Waals surface area contributed by atoms with Crippen molar-refractivity contribution >= 4 is 23.3 Å². The van der Waals surface area contributed by atoms with Crippen molar-refractivity contribution in [3.05, 3.63) is 41.1 Å². The highest BCUT2D eigenvalue weighted by Gasteiger charge is 2.24. The quantitative estimate of drug-likeness (QED) is 0.865. The van der Waals surface area contributed by atoms with Crippen LogP contribution in [0.15, 0.2) is 24.5 Å². The molecule has 3 heterocycles. The van der Waals surface area contributed by atoms with Crippen molar-refractivity contribution in [2.45, 2.75) is 25.5 Å². The number of hydrogen-bond donors (Lipinski definition) is 2. The molecular formula is C16H20ClN5O2. The van der Waals surface area contributed by atoms with E-state index in [4.69, 9.17) is 16.3 Å². The molecule has 8 heteroatoms. The molecule has 0 aliphatic carbocycles. The molecule has 0 bridgehead atoms. The van der Waals surface area contributed by atoms with E-state index < -0.39 is 0 Å². The average molecular weight is 350 g/mol. The van der Waals surface area contributed by atoms with Gasteiger partial charge in [-0.25, -0.2) is 9.97 Å². The molecule has 24 heavy (non-hydrogen) atoms. The molecule has 0 spiro atoms. The number of nitrogens with one attached hydrogen (secondary N) is 2. The number of ether oxygens (including phenoxy) is 1. The van der Waals surface area contributed by atoms with Crippen molar-refractivity contribution in [2.75, 3.05) is 25.5 Å². The molecule has 3 rings (SSSR count). The predicted molar refractivity (Wildman–Crippen MR) is 91.1 cm³/mol. The number of aromatic nitrogens is 3. The smallest absolute Gasteiger partial charge is 0.270 e. The molecular weight excluding hydrogens is 330 g/mol. The molecule has 0 saturated carbocycles. The average Bonchev–Trinajstić information content (AvgIpc) is 3.02. The molecule has 1 saturated heterocycles. The molecule has 0 unspecified atom stereocenters. The van der Waals surface area contributed by atoms with E-state index in [-0.39, 0.29) is 11.9 Å². The second-order valence-electron chi connectivity index (χ2n) is 5.73. The van der Waals surface area contributed by atoms with Crippen LogP contribution >= 0.6 is 11.6 Å². The normalized spacial score (nSPS) is 15.5. The van der Waals surface area contributed by atoms with Gasteiger partial charge in [0.05, 0.1) is 5.02 Å². The second-order valence-corrected chi connectivity index (χ2v) is 6.17. The number of carbonyl (C=O) groups excluding carboxylic acids is 1. The number of halogens is 1.